The van der Waals surface area contributed by atoms with E-state index in [4.69, 9.17) is 5.73 Å². The summed E-state index contributed by atoms with van der Waals surface area (Å²) in [6.45, 7) is 11.9. The van der Waals surface area contributed by atoms with Crippen LogP contribution in [0.5, 0.6) is 0 Å². The molecule has 2 atom stereocenters. The topological polar surface area (TPSA) is 26.0 Å². The lowest BCUT2D eigenvalue weighted by Crippen LogP contribution is -2.20. The number of rotatable bonds is 4. The van der Waals surface area contributed by atoms with E-state index in [0.717, 1.165) is 6.54 Å². The first-order valence-corrected chi connectivity index (χ1v) is 4.90. The molecule has 72 valence electrons. The molecule has 2 N–H and O–H groups in total. The maximum atomic E-state index is 5.65. The molecule has 0 radical (unpaired) electrons. The quantitative estimate of drug-likeness (QED) is 0.643. The Balaban J connectivity index is 4.36. The van der Waals surface area contributed by atoms with Crippen molar-refractivity contribution in [2.75, 3.05) is 6.54 Å². The molecule has 1 heteroatoms. The number of hydrogen-bond donors (Lipinski definition) is 1. The molecule has 0 fully saturated rings. The third kappa shape index (κ3) is 2.98. The lowest BCUT2D eigenvalue weighted by molar-refractivity contribution is 0.436. The average molecular weight is 169 g/mol. The maximum Gasteiger partial charge on any atom is -0.00140 e. The van der Waals surface area contributed by atoms with Gasteiger partial charge in [0, 0.05) is 0 Å². The molecule has 0 saturated carbocycles. The SMILES string of the molecule is C/C=C(\C(C)CN)C(C)C(C)C. The van der Waals surface area contributed by atoms with Crippen molar-refractivity contribution in [3.63, 3.8) is 0 Å². The van der Waals surface area contributed by atoms with Crippen molar-refractivity contribution in [2.24, 2.45) is 23.5 Å². The molecule has 2 unspecified atom stereocenters. The van der Waals surface area contributed by atoms with Gasteiger partial charge in [-0.3, -0.25) is 0 Å². The molecule has 0 heterocycles. The molecule has 0 aromatic heterocycles. The predicted octanol–water partition coefficient (Wildman–Crippen LogP) is 2.82. The second-order valence-corrected chi connectivity index (χ2v) is 3.96. The Kier molecular flexibility index (Phi) is 5.23. The molecule has 0 aliphatic heterocycles. The molecule has 0 spiro atoms. The first-order valence-electron chi connectivity index (χ1n) is 4.90. The highest BCUT2D eigenvalue weighted by molar-refractivity contribution is 5.09. The van der Waals surface area contributed by atoms with E-state index in [2.05, 4.69) is 40.7 Å². The minimum atomic E-state index is 0.535. The van der Waals surface area contributed by atoms with E-state index in [1.165, 1.54) is 5.57 Å². The van der Waals surface area contributed by atoms with Crippen LogP contribution in [0.25, 0.3) is 0 Å². The van der Waals surface area contributed by atoms with E-state index < -0.39 is 0 Å². The first kappa shape index (κ1) is 11.7. The number of nitrogens with two attached hydrogens (primary N) is 1. The van der Waals surface area contributed by atoms with Gasteiger partial charge in [-0.2, -0.15) is 0 Å². The second kappa shape index (κ2) is 5.36. The normalized spacial score (nSPS) is 18.1. The molecular formula is C11H23N. The van der Waals surface area contributed by atoms with Crippen LogP contribution in [-0.4, -0.2) is 6.54 Å². The van der Waals surface area contributed by atoms with Gasteiger partial charge in [0.2, 0.25) is 0 Å². The van der Waals surface area contributed by atoms with E-state index >= 15 is 0 Å². The zero-order chi connectivity index (χ0) is 9.72. The molecule has 0 aliphatic rings. The van der Waals surface area contributed by atoms with E-state index in [1.807, 2.05) is 0 Å². The predicted molar refractivity (Wildman–Crippen MR) is 56.0 cm³/mol. The summed E-state index contributed by atoms with van der Waals surface area (Å²) in [5.74, 6) is 1.91. The Morgan fingerprint density at radius 2 is 1.75 bits per heavy atom. The minimum Gasteiger partial charge on any atom is -0.330 e. The van der Waals surface area contributed by atoms with Crippen LogP contribution >= 0.6 is 0 Å². The van der Waals surface area contributed by atoms with Crippen LogP contribution in [0.15, 0.2) is 11.6 Å². The monoisotopic (exact) mass is 169 g/mol. The summed E-state index contributed by atoms with van der Waals surface area (Å²) in [5, 5.41) is 0. The fraction of sp³-hybridized carbons (Fsp3) is 0.818. The Morgan fingerprint density at radius 1 is 1.25 bits per heavy atom. The highest BCUT2D eigenvalue weighted by atomic mass is 14.5. The minimum absolute atomic E-state index is 0.535. The van der Waals surface area contributed by atoms with Gasteiger partial charge in [0.1, 0.15) is 0 Å². The summed E-state index contributed by atoms with van der Waals surface area (Å²) in [5.41, 5.74) is 7.15. The van der Waals surface area contributed by atoms with E-state index in [0.29, 0.717) is 17.8 Å². The highest BCUT2D eigenvalue weighted by Gasteiger charge is 2.16. The lowest BCUT2D eigenvalue weighted by atomic mass is 9.83. The van der Waals surface area contributed by atoms with Crippen LogP contribution in [0.2, 0.25) is 0 Å². The second-order valence-electron chi connectivity index (χ2n) is 3.96. The fourth-order valence-electron chi connectivity index (χ4n) is 1.52. The smallest absolute Gasteiger partial charge is 0.00140 e. The Morgan fingerprint density at radius 3 is 2.00 bits per heavy atom. The number of hydrogen-bond acceptors (Lipinski definition) is 1. The molecule has 0 saturated heterocycles. The summed E-state index contributed by atoms with van der Waals surface area (Å²) < 4.78 is 0. The highest BCUT2D eigenvalue weighted by Crippen LogP contribution is 2.25. The van der Waals surface area contributed by atoms with Gasteiger partial charge in [-0.25, -0.2) is 0 Å². The number of allylic oxidation sites excluding steroid dienone is 1. The summed E-state index contributed by atoms with van der Waals surface area (Å²) in [6, 6.07) is 0. The van der Waals surface area contributed by atoms with Crippen molar-refractivity contribution in [1.29, 1.82) is 0 Å². The molecular weight excluding hydrogens is 146 g/mol. The Bertz CT molecular complexity index is 147. The van der Waals surface area contributed by atoms with Gasteiger partial charge in [-0.05, 0) is 31.2 Å². The van der Waals surface area contributed by atoms with E-state index in [-0.39, 0.29) is 0 Å². The Hall–Kier alpha value is -0.300. The third-order valence-corrected chi connectivity index (χ3v) is 2.78. The molecule has 12 heavy (non-hydrogen) atoms. The summed E-state index contributed by atoms with van der Waals surface area (Å²) >= 11 is 0. The summed E-state index contributed by atoms with van der Waals surface area (Å²) in [7, 11) is 0. The molecule has 1 nitrogen and oxygen atoms in total. The maximum absolute atomic E-state index is 5.65. The van der Waals surface area contributed by atoms with Gasteiger partial charge < -0.3 is 5.73 Å². The van der Waals surface area contributed by atoms with Gasteiger partial charge in [0.15, 0.2) is 0 Å². The van der Waals surface area contributed by atoms with E-state index in [9.17, 15) is 0 Å². The van der Waals surface area contributed by atoms with E-state index in [1.54, 1.807) is 0 Å². The molecule has 0 aromatic rings. The van der Waals surface area contributed by atoms with Crippen molar-refractivity contribution < 1.29 is 0 Å². The fourth-order valence-corrected chi connectivity index (χ4v) is 1.52. The molecule has 0 aliphatic carbocycles. The Labute approximate surface area is 77.0 Å². The van der Waals surface area contributed by atoms with Gasteiger partial charge in [0.05, 0.1) is 0 Å². The summed E-state index contributed by atoms with van der Waals surface area (Å²) in [4.78, 5) is 0. The van der Waals surface area contributed by atoms with Gasteiger partial charge in [0.25, 0.3) is 0 Å². The molecule has 0 bridgehead atoms. The first-order chi connectivity index (χ1) is 5.54. The lowest BCUT2D eigenvalue weighted by Gasteiger charge is -2.24. The van der Waals surface area contributed by atoms with Crippen molar-refractivity contribution in [1.82, 2.24) is 0 Å². The molecule has 0 amide bonds. The van der Waals surface area contributed by atoms with Crippen molar-refractivity contribution >= 4 is 0 Å². The standard InChI is InChI=1S/C11H23N/c1-6-11(9(4)7-12)10(5)8(2)3/h6,8-10H,7,12H2,1-5H3/b11-6+. The summed E-state index contributed by atoms with van der Waals surface area (Å²) in [6.07, 6.45) is 2.22. The zero-order valence-electron chi connectivity index (χ0n) is 9.09. The molecule has 0 rings (SSSR count). The van der Waals surface area contributed by atoms with Crippen LogP contribution in [0, 0.1) is 17.8 Å². The van der Waals surface area contributed by atoms with Crippen molar-refractivity contribution in [3.05, 3.63) is 11.6 Å². The van der Waals surface area contributed by atoms with Gasteiger partial charge in [-0.1, -0.05) is 39.3 Å². The molecule has 0 aromatic carbocycles. The van der Waals surface area contributed by atoms with Crippen LogP contribution in [0.4, 0.5) is 0 Å². The van der Waals surface area contributed by atoms with Crippen molar-refractivity contribution in [2.45, 2.75) is 34.6 Å². The third-order valence-electron chi connectivity index (χ3n) is 2.78. The van der Waals surface area contributed by atoms with Gasteiger partial charge in [-0.15, -0.1) is 0 Å². The van der Waals surface area contributed by atoms with Gasteiger partial charge >= 0.3 is 0 Å². The average Bonchev–Trinajstić information content (AvgIpc) is 2.05. The zero-order valence-corrected chi connectivity index (χ0v) is 9.09. The van der Waals surface area contributed by atoms with Crippen LogP contribution in [0.1, 0.15) is 34.6 Å². The van der Waals surface area contributed by atoms with Crippen LogP contribution in [-0.2, 0) is 0 Å². The largest absolute Gasteiger partial charge is 0.330 e. The van der Waals surface area contributed by atoms with Crippen LogP contribution < -0.4 is 5.73 Å². The van der Waals surface area contributed by atoms with Crippen molar-refractivity contribution in [3.8, 4) is 0 Å². The van der Waals surface area contributed by atoms with Crippen LogP contribution in [0.3, 0.4) is 0 Å².